The molecular formula is C14H17FN2O4S. The fraction of sp³-hybridized carbons (Fsp3) is 0.571. The molecule has 2 fully saturated rings. The normalized spacial score (nSPS) is 29.2. The van der Waals surface area contributed by atoms with E-state index in [9.17, 15) is 22.7 Å². The van der Waals surface area contributed by atoms with Gasteiger partial charge in [-0.2, -0.15) is 4.31 Å². The van der Waals surface area contributed by atoms with Gasteiger partial charge in [0.15, 0.2) is 0 Å². The van der Waals surface area contributed by atoms with Gasteiger partial charge < -0.3 is 5.11 Å². The summed E-state index contributed by atoms with van der Waals surface area (Å²) < 4.78 is 40.0. The average molecular weight is 328 g/mol. The monoisotopic (exact) mass is 328 g/mol. The van der Waals surface area contributed by atoms with Crippen molar-refractivity contribution in [3.8, 4) is 0 Å². The fourth-order valence-electron chi connectivity index (χ4n) is 3.63. The van der Waals surface area contributed by atoms with E-state index in [1.807, 2.05) is 0 Å². The molecule has 8 heteroatoms. The second kappa shape index (κ2) is 5.58. The van der Waals surface area contributed by atoms with E-state index < -0.39 is 27.9 Å². The summed E-state index contributed by atoms with van der Waals surface area (Å²) in [5, 5.41) is 9.40. The molecule has 1 aromatic rings. The molecule has 3 rings (SSSR count). The van der Waals surface area contributed by atoms with Crippen LogP contribution in [0.2, 0.25) is 0 Å². The Morgan fingerprint density at radius 1 is 1.32 bits per heavy atom. The van der Waals surface area contributed by atoms with Crippen LogP contribution in [0.25, 0.3) is 0 Å². The Morgan fingerprint density at radius 3 is 2.73 bits per heavy atom. The van der Waals surface area contributed by atoms with Crippen LogP contribution in [-0.4, -0.2) is 40.9 Å². The van der Waals surface area contributed by atoms with Crippen molar-refractivity contribution >= 4 is 16.0 Å². The number of aromatic nitrogens is 1. The van der Waals surface area contributed by atoms with Crippen LogP contribution in [0, 0.1) is 11.7 Å². The van der Waals surface area contributed by atoms with E-state index in [0.29, 0.717) is 12.8 Å². The Kier molecular flexibility index (Phi) is 3.90. The molecule has 2 heterocycles. The first-order valence-electron chi connectivity index (χ1n) is 7.28. The molecule has 0 aromatic carbocycles. The summed E-state index contributed by atoms with van der Waals surface area (Å²) in [5.41, 5.74) is 0. The summed E-state index contributed by atoms with van der Waals surface area (Å²) in [4.78, 5) is 14.8. The number of hydrogen-bond donors (Lipinski definition) is 1. The van der Waals surface area contributed by atoms with E-state index in [1.165, 1.54) is 0 Å². The minimum Gasteiger partial charge on any atom is -0.480 e. The van der Waals surface area contributed by atoms with Crippen LogP contribution >= 0.6 is 0 Å². The van der Waals surface area contributed by atoms with Crippen LogP contribution < -0.4 is 0 Å². The van der Waals surface area contributed by atoms with E-state index in [1.54, 1.807) is 0 Å². The number of carbonyl (C=O) groups is 1. The number of pyridine rings is 1. The third-order valence-electron chi connectivity index (χ3n) is 4.57. The molecule has 1 saturated heterocycles. The zero-order valence-corrected chi connectivity index (χ0v) is 12.7. The van der Waals surface area contributed by atoms with Gasteiger partial charge in [-0.25, -0.2) is 12.8 Å². The van der Waals surface area contributed by atoms with Gasteiger partial charge >= 0.3 is 5.97 Å². The summed E-state index contributed by atoms with van der Waals surface area (Å²) >= 11 is 0. The first kappa shape index (κ1) is 15.4. The second-order valence-electron chi connectivity index (χ2n) is 5.88. The van der Waals surface area contributed by atoms with Crippen LogP contribution in [0.5, 0.6) is 0 Å². The highest BCUT2D eigenvalue weighted by molar-refractivity contribution is 7.89. The predicted molar refractivity (Wildman–Crippen MR) is 75.0 cm³/mol. The summed E-state index contributed by atoms with van der Waals surface area (Å²) in [6, 6.07) is -0.512. The minimum atomic E-state index is -4.08. The maximum atomic E-state index is 13.3. The molecule has 1 aliphatic carbocycles. The number of halogens is 1. The number of aliphatic carboxylic acids is 1. The third-order valence-corrected chi connectivity index (χ3v) is 6.47. The highest BCUT2D eigenvalue weighted by Gasteiger charge is 2.51. The van der Waals surface area contributed by atoms with Crippen molar-refractivity contribution in [2.75, 3.05) is 0 Å². The molecule has 0 amide bonds. The van der Waals surface area contributed by atoms with Crippen molar-refractivity contribution in [3.05, 3.63) is 24.3 Å². The Morgan fingerprint density at radius 2 is 2.05 bits per heavy atom. The van der Waals surface area contributed by atoms with E-state index in [4.69, 9.17) is 0 Å². The molecular weight excluding hydrogens is 311 g/mol. The van der Waals surface area contributed by atoms with Gasteiger partial charge in [0.25, 0.3) is 0 Å². The van der Waals surface area contributed by atoms with Crippen LogP contribution in [0.4, 0.5) is 4.39 Å². The molecule has 1 aliphatic heterocycles. The minimum absolute atomic E-state index is 0.0612. The van der Waals surface area contributed by atoms with Crippen LogP contribution in [0.15, 0.2) is 23.4 Å². The molecule has 6 nitrogen and oxygen atoms in total. The Bertz CT molecular complexity index is 694. The fourth-order valence-corrected chi connectivity index (χ4v) is 5.47. The summed E-state index contributed by atoms with van der Waals surface area (Å²) in [6.45, 7) is 0. The molecule has 0 radical (unpaired) electrons. The molecule has 1 saturated carbocycles. The smallest absolute Gasteiger partial charge is 0.322 e. The standard InChI is InChI=1S/C14H17FN2O4S/c15-10-6-11(8-16-7-10)22(20,21)17-12-4-2-1-3-9(12)5-13(17)14(18)19/h6-9,12-13H,1-5H2,(H,18,19). The summed E-state index contributed by atoms with van der Waals surface area (Å²) in [5.74, 6) is -1.85. The van der Waals surface area contributed by atoms with Gasteiger partial charge in [-0.3, -0.25) is 9.78 Å². The molecule has 0 spiro atoms. The van der Waals surface area contributed by atoms with Gasteiger partial charge in [0.2, 0.25) is 10.0 Å². The molecule has 1 N–H and O–H groups in total. The summed E-state index contributed by atoms with van der Waals surface area (Å²) in [7, 11) is -4.08. The number of fused-ring (bicyclic) bond motifs is 1. The Balaban J connectivity index is 2.04. The number of carboxylic acid groups (broad SMARTS) is 1. The maximum absolute atomic E-state index is 13.3. The van der Waals surface area contributed by atoms with Crippen LogP contribution in [0.1, 0.15) is 32.1 Å². The van der Waals surface area contributed by atoms with Gasteiger partial charge in [-0.15, -0.1) is 0 Å². The first-order valence-corrected chi connectivity index (χ1v) is 8.72. The predicted octanol–water partition coefficient (Wildman–Crippen LogP) is 1.63. The van der Waals surface area contributed by atoms with Gasteiger partial charge in [0.05, 0.1) is 6.20 Å². The number of sulfonamides is 1. The Labute approximate surface area is 128 Å². The lowest BCUT2D eigenvalue weighted by molar-refractivity contribution is -0.141. The van der Waals surface area contributed by atoms with Crippen molar-refractivity contribution in [2.24, 2.45) is 5.92 Å². The van der Waals surface area contributed by atoms with Crippen molar-refractivity contribution in [2.45, 2.75) is 49.1 Å². The summed E-state index contributed by atoms with van der Waals surface area (Å²) in [6.07, 6.45) is 5.65. The van der Waals surface area contributed by atoms with Crippen molar-refractivity contribution < 1.29 is 22.7 Å². The molecule has 0 bridgehead atoms. The number of carboxylic acids is 1. The second-order valence-corrected chi connectivity index (χ2v) is 7.72. The number of nitrogens with zero attached hydrogens (tertiary/aromatic N) is 2. The van der Waals surface area contributed by atoms with Crippen molar-refractivity contribution in [1.29, 1.82) is 0 Å². The largest absolute Gasteiger partial charge is 0.480 e. The van der Waals surface area contributed by atoms with Gasteiger partial charge in [-0.05, 0) is 31.2 Å². The topological polar surface area (TPSA) is 87.6 Å². The molecule has 22 heavy (non-hydrogen) atoms. The number of rotatable bonds is 3. The zero-order chi connectivity index (χ0) is 15.9. The molecule has 120 valence electrons. The molecule has 3 atom stereocenters. The van der Waals surface area contributed by atoms with E-state index in [0.717, 1.165) is 42.0 Å². The SMILES string of the molecule is O=C(O)C1CC2CCCCC2N1S(=O)(=O)c1cncc(F)c1. The maximum Gasteiger partial charge on any atom is 0.322 e. The van der Waals surface area contributed by atoms with E-state index in [-0.39, 0.29) is 16.9 Å². The van der Waals surface area contributed by atoms with Crippen LogP contribution in [0.3, 0.4) is 0 Å². The molecule has 1 aromatic heterocycles. The quantitative estimate of drug-likeness (QED) is 0.911. The lowest BCUT2D eigenvalue weighted by Gasteiger charge is -2.31. The van der Waals surface area contributed by atoms with E-state index >= 15 is 0 Å². The van der Waals surface area contributed by atoms with Gasteiger partial charge in [0.1, 0.15) is 16.8 Å². The number of hydrogen-bond acceptors (Lipinski definition) is 4. The highest BCUT2D eigenvalue weighted by Crippen LogP contribution is 2.42. The van der Waals surface area contributed by atoms with Gasteiger partial charge in [-0.1, -0.05) is 12.8 Å². The van der Waals surface area contributed by atoms with Gasteiger partial charge in [0, 0.05) is 12.2 Å². The third kappa shape index (κ3) is 2.50. The zero-order valence-electron chi connectivity index (χ0n) is 11.9. The Hall–Kier alpha value is -1.54. The average Bonchev–Trinajstić information content (AvgIpc) is 2.87. The van der Waals surface area contributed by atoms with Crippen LogP contribution in [-0.2, 0) is 14.8 Å². The van der Waals surface area contributed by atoms with Crippen molar-refractivity contribution in [3.63, 3.8) is 0 Å². The van der Waals surface area contributed by atoms with E-state index in [2.05, 4.69) is 4.98 Å². The van der Waals surface area contributed by atoms with Crippen molar-refractivity contribution in [1.82, 2.24) is 9.29 Å². The first-order chi connectivity index (χ1) is 10.4. The molecule has 3 unspecified atom stereocenters. The highest BCUT2D eigenvalue weighted by atomic mass is 32.2. The molecule has 2 aliphatic rings. The lowest BCUT2D eigenvalue weighted by atomic mass is 9.85. The lowest BCUT2D eigenvalue weighted by Crippen LogP contribution is -2.46.